The van der Waals surface area contributed by atoms with E-state index < -0.39 is 11.9 Å². The van der Waals surface area contributed by atoms with Crippen molar-refractivity contribution in [1.82, 2.24) is 0 Å². The van der Waals surface area contributed by atoms with Gasteiger partial charge in [-0.25, -0.2) is 4.79 Å². The molecule has 0 unspecified atom stereocenters. The van der Waals surface area contributed by atoms with Gasteiger partial charge in [-0.2, -0.15) is 0 Å². The van der Waals surface area contributed by atoms with Crippen LogP contribution in [0.25, 0.3) is 0 Å². The molecule has 4 heteroatoms. The topological polar surface area (TPSA) is 63.6 Å². The normalized spacial score (nSPS) is 22.6. The van der Waals surface area contributed by atoms with Crippen molar-refractivity contribution in [3.8, 4) is 0 Å². The van der Waals surface area contributed by atoms with Gasteiger partial charge in [-0.1, -0.05) is 12.1 Å². The van der Waals surface area contributed by atoms with Gasteiger partial charge in [0, 0.05) is 0 Å². The third-order valence-electron chi connectivity index (χ3n) is 2.84. The molecule has 2 rings (SSSR count). The lowest BCUT2D eigenvalue weighted by atomic mass is 10.1. The SMILES string of the molecule is COC(=O)c1cccc([C@H]2C[C@@H]2C(=O)O)c1. The number of hydrogen-bond donors (Lipinski definition) is 1. The van der Waals surface area contributed by atoms with Crippen LogP contribution in [0.15, 0.2) is 24.3 Å². The molecular formula is C12H12O4. The molecule has 0 saturated heterocycles. The first-order valence-corrected chi connectivity index (χ1v) is 5.04. The van der Waals surface area contributed by atoms with Gasteiger partial charge in [0.25, 0.3) is 0 Å². The molecule has 84 valence electrons. The van der Waals surface area contributed by atoms with Crippen molar-refractivity contribution < 1.29 is 19.4 Å². The van der Waals surface area contributed by atoms with Crippen LogP contribution in [-0.2, 0) is 9.53 Å². The van der Waals surface area contributed by atoms with E-state index in [4.69, 9.17) is 5.11 Å². The molecule has 2 atom stereocenters. The Morgan fingerprint density at radius 2 is 2.19 bits per heavy atom. The first kappa shape index (κ1) is 10.7. The van der Waals surface area contributed by atoms with E-state index in [1.807, 2.05) is 6.07 Å². The maximum atomic E-state index is 11.3. The van der Waals surface area contributed by atoms with Crippen molar-refractivity contribution in [2.45, 2.75) is 12.3 Å². The third kappa shape index (κ3) is 1.91. The lowest BCUT2D eigenvalue weighted by Crippen LogP contribution is -2.02. The Hall–Kier alpha value is -1.84. The number of benzene rings is 1. The number of carboxylic acids is 1. The fraction of sp³-hybridized carbons (Fsp3) is 0.333. The standard InChI is InChI=1S/C12H12O4/c1-16-12(15)8-4-2-3-7(5-8)9-6-10(9)11(13)14/h2-5,9-10H,6H2,1H3,(H,13,14)/t9-,10+/m1/s1. The first-order valence-electron chi connectivity index (χ1n) is 5.04. The summed E-state index contributed by atoms with van der Waals surface area (Å²) in [5.41, 5.74) is 1.37. The van der Waals surface area contributed by atoms with Crippen LogP contribution < -0.4 is 0 Å². The number of ether oxygens (including phenoxy) is 1. The average molecular weight is 220 g/mol. The second-order valence-electron chi connectivity index (χ2n) is 3.90. The molecular weight excluding hydrogens is 208 g/mol. The molecule has 0 spiro atoms. The Kier molecular flexibility index (Phi) is 2.64. The summed E-state index contributed by atoms with van der Waals surface area (Å²) >= 11 is 0. The zero-order valence-corrected chi connectivity index (χ0v) is 8.84. The number of esters is 1. The first-order chi connectivity index (χ1) is 7.63. The molecule has 1 aromatic carbocycles. The molecule has 0 aromatic heterocycles. The summed E-state index contributed by atoms with van der Waals surface area (Å²) in [5.74, 6) is -1.42. The lowest BCUT2D eigenvalue weighted by molar-refractivity contribution is -0.138. The summed E-state index contributed by atoms with van der Waals surface area (Å²) in [5, 5.41) is 8.82. The Balaban J connectivity index is 2.18. The van der Waals surface area contributed by atoms with Crippen LogP contribution in [0.2, 0.25) is 0 Å². The van der Waals surface area contributed by atoms with Crippen molar-refractivity contribution in [2.24, 2.45) is 5.92 Å². The van der Waals surface area contributed by atoms with Crippen LogP contribution in [0.5, 0.6) is 0 Å². The van der Waals surface area contributed by atoms with Crippen LogP contribution in [0.3, 0.4) is 0 Å². The highest BCUT2D eigenvalue weighted by molar-refractivity contribution is 5.89. The number of rotatable bonds is 3. The summed E-state index contributed by atoms with van der Waals surface area (Å²) in [7, 11) is 1.33. The van der Waals surface area contributed by atoms with Crippen molar-refractivity contribution in [1.29, 1.82) is 0 Å². The smallest absolute Gasteiger partial charge is 0.337 e. The van der Waals surface area contributed by atoms with Gasteiger partial charge in [0.2, 0.25) is 0 Å². The van der Waals surface area contributed by atoms with Crippen molar-refractivity contribution in [2.75, 3.05) is 7.11 Å². The fourth-order valence-electron chi connectivity index (χ4n) is 1.85. The molecule has 0 amide bonds. The quantitative estimate of drug-likeness (QED) is 0.787. The summed E-state index contributed by atoms with van der Waals surface area (Å²) in [4.78, 5) is 22.0. The molecule has 1 aliphatic rings. The van der Waals surface area contributed by atoms with E-state index in [-0.39, 0.29) is 11.8 Å². The van der Waals surface area contributed by atoms with Crippen molar-refractivity contribution >= 4 is 11.9 Å². The Morgan fingerprint density at radius 1 is 1.44 bits per heavy atom. The van der Waals surface area contributed by atoms with Gasteiger partial charge in [0.05, 0.1) is 18.6 Å². The van der Waals surface area contributed by atoms with Crippen LogP contribution in [-0.4, -0.2) is 24.2 Å². The molecule has 1 aliphatic carbocycles. The predicted molar refractivity (Wildman–Crippen MR) is 56.3 cm³/mol. The molecule has 1 saturated carbocycles. The van der Waals surface area contributed by atoms with E-state index in [1.165, 1.54) is 7.11 Å². The van der Waals surface area contributed by atoms with Gasteiger partial charge in [0.1, 0.15) is 0 Å². The minimum absolute atomic E-state index is 0.0436. The van der Waals surface area contributed by atoms with Gasteiger partial charge in [0.15, 0.2) is 0 Å². The monoisotopic (exact) mass is 220 g/mol. The highest BCUT2D eigenvalue weighted by Gasteiger charge is 2.44. The molecule has 0 radical (unpaired) electrons. The highest BCUT2D eigenvalue weighted by atomic mass is 16.5. The summed E-state index contributed by atoms with van der Waals surface area (Å²) in [6.45, 7) is 0. The van der Waals surface area contributed by atoms with Crippen LogP contribution in [0, 0.1) is 5.92 Å². The van der Waals surface area contributed by atoms with Gasteiger partial charge in [-0.3, -0.25) is 4.79 Å². The molecule has 0 aliphatic heterocycles. The van der Waals surface area contributed by atoms with Crippen LogP contribution in [0.4, 0.5) is 0 Å². The summed E-state index contributed by atoms with van der Waals surface area (Å²) in [6, 6.07) is 6.96. The van der Waals surface area contributed by atoms with Gasteiger partial charge in [-0.05, 0) is 30.0 Å². The van der Waals surface area contributed by atoms with E-state index in [0.717, 1.165) is 5.56 Å². The molecule has 1 aromatic rings. The number of carbonyl (C=O) groups is 2. The van der Waals surface area contributed by atoms with Gasteiger partial charge >= 0.3 is 11.9 Å². The van der Waals surface area contributed by atoms with E-state index in [0.29, 0.717) is 12.0 Å². The van der Waals surface area contributed by atoms with E-state index in [1.54, 1.807) is 18.2 Å². The number of aliphatic carboxylic acids is 1. The van der Waals surface area contributed by atoms with Crippen LogP contribution in [0.1, 0.15) is 28.3 Å². The van der Waals surface area contributed by atoms with Gasteiger partial charge in [-0.15, -0.1) is 0 Å². The highest BCUT2D eigenvalue weighted by Crippen LogP contribution is 2.47. The second kappa shape index (κ2) is 3.96. The number of hydrogen-bond acceptors (Lipinski definition) is 3. The molecule has 0 heterocycles. The molecule has 4 nitrogen and oxygen atoms in total. The fourth-order valence-corrected chi connectivity index (χ4v) is 1.85. The molecule has 1 fully saturated rings. The van der Waals surface area contributed by atoms with E-state index in [9.17, 15) is 9.59 Å². The minimum atomic E-state index is -0.770. The number of carbonyl (C=O) groups excluding carboxylic acids is 1. The van der Waals surface area contributed by atoms with Crippen molar-refractivity contribution in [3.63, 3.8) is 0 Å². The second-order valence-corrected chi connectivity index (χ2v) is 3.90. The number of carboxylic acid groups (broad SMARTS) is 1. The third-order valence-corrected chi connectivity index (χ3v) is 2.84. The Labute approximate surface area is 92.8 Å². The maximum Gasteiger partial charge on any atom is 0.337 e. The summed E-state index contributed by atoms with van der Waals surface area (Å²) < 4.78 is 4.61. The zero-order chi connectivity index (χ0) is 11.7. The Morgan fingerprint density at radius 3 is 2.75 bits per heavy atom. The Bertz CT molecular complexity index is 438. The average Bonchev–Trinajstić information content (AvgIpc) is 3.08. The number of methoxy groups -OCH3 is 1. The van der Waals surface area contributed by atoms with Gasteiger partial charge < -0.3 is 9.84 Å². The molecule has 0 bridgehead atoms. The van der Waals surface area contributed by atoms with E-state index in [2.05, 4.69) is 4.74 Å². The van der Waals surface area contributed by atoms with Crippen LogP contribution >= 0.6 is 0 Å². The summed E-state index contributed by atoms with van der Waals surface area (Å²) in [6.07, 6.45) is 0.653. The molecule has 1 N–H and O–H groups in total. The predicted octanol–water partition coefficient (Wildman–Crippen LogP) is 1.66. The largest absolute Gasteiger partial charge is 0.481 e. The molecule has 16 heavy (non-hydrogen) atoms. The minimum Gasteiger partial charge on any atom is -0.481 e. The lowest BCUT2D eigenvalue weighted by Gasteiger charge is -2.02. The van der Waals surface area contributed by atoms with E-state index >= 15 is 0 Å². The zero-order valence-electron chi connectivity index (χ0n) is 8.84. The van der Waals surface area contributed by atoms with Crippen molar-refractivity contribution in [3.05, 3.63) is 35.4 Å². The maximum absolute atomic E-state index is 11.3.